The molecule has 0 aliphatic rings. The first kappa shape index (κ1) is 12.3. The van der Waals surface area contributed by atoms with Crippen molar-refractivity contribution in [3.05, 3.63) is 46.0 Å². The maximum absolute atomic E-state index is 5.62. The standard InChI is InChI=1S/C12H12BrN3S/c1-7-8(2)16(6-15-7)9-3-4-10(12(14)17)11(13)5-9/h3-6H,1-2H3,(H2,14,17). The van der Waals surface area contributed by atoms with Crippen LogP contribution in [0.3, 0.4) is 0 Å². The summed E-state index contributed by atoms with van der Waals surface area (Å²) in [5.74, 6) is 0. The summed E-state index contributed by atoms with van der Waals surface area (Å²) < 4.78 is 2.93. The Bertz CT molecular complexity index is 589. The number of halogens is 1. The Kier molecular flexibility index (Phi) is 3.31. The van der Waals surface area contributed by atoms with Crippen LogP contribution in [-0.2, 0) is 0 Å². The van der Waals surface area contributed by atoms with Crippen LogP contribution in [0.1, 0.15) is 17.0 Å². The highest BCUT2D eigenvalue weighted by atomic mass is 79.9. The van der Waals surface area contributed by atoms with Crippen molar-refractivity contribution in [2.75, 3.05) is 0 Å². The highest BCUT2D eigenvalue weighted by Crippen LogP contribution is 2.22. The van der Waals surface area contributed by atoms with E-state index in [9.17, 15) is 0 Å². The van der Waals surface area contributed by atoms with Gasteiger partial charge in [0.05, 0.1) is 12.0 Å². The summed E-state index contributed by atoms with van der Waals surface area (Å²) in [4.78, 5) is 4.67. The first-order valence-corrected chi connectivity index (χ1v) is 6.31. The summed E-state index contributed by atoms with van der Waals surface area (Å²) in [5, 5.41) is 0. The molecule has 5 heteroatoms. The molecule has 17 heavy (non-hydrogen) atoms. The molecule has 0 radical (unpaired) electrons. The number of aryl methyl sites for hydroxylation is 1. The van der Waals surface area contributed by atoms with Crippen LogP contribution in [0.25, 0.3) is 5.69 Å². The Balaban J connectivity index is 2.52. The molecule has 2 rings (SSSR count). The summed E-state index contributed by atoms with van der Waals surface area (Å²) in [6, 6.07) is 5.88. The molecule has 0 saturated heterocycles. The molecule has 0 fully saturated rings. The molecular formula is C12H12BrN3S. The number of thiocarbonyl (C=S) groups is 1. The Morgan fingerprint density at radius 1 is 1.41 bits per heavy atom. The van der Waals surface area contributed by atoms with Crippen LogP contribution in [0.15, 0.2) is 29.0 Å². The van der Waals surface area contributed by atoms with Crippen molar-refractivity contribution in [1.29, 1.82) is 0 Å². The first-order valence-electron chi connectivity index (χ1n) is 5.11. The van der Waals surface area contributed by atoms with Gasteiger partial charge in [-0.1, -0.05) is 12.2 Å². The second-order valence-electron chi connectivity index (χ2n) is 3.81. The van der Waals surface area contributed by atoms with Crippen molar-refractivity contribution in [1.82, 2.24) is 9.55 Å². The van der Waals surface area contributed by atoms with Gasteiger partial charge in [-0.25, -0.2) is 4.98 Å². The van der Waals surface area contributed by atoms with Crippen molar-refractivity contribution in [2.45, 2.75) is 13.8 Å². The predicted octanol–water partition coefficient (Wildman–Crippen LogP) is 2.89. The van der Waals surface area contributed by atoms with Crippen molar-refractivity contribution >= 4 is 33.1 Å². The Labute approximate surface area is 114 Å². The molecule has 2 N–H and O–H groups in total. The van der Waals surface area contributed by atoms with Crippen molar-refractivity contribution in [3.8, 4) is 5.69 Å². The van der Waals surface area contributed by atoms with E-state index in [4.69, 9.17) is 18.0 Å². The van der Waals surface area contributed by atoms with Gasteiger partial charge in [-0.15, -0.1) is 0 Å². The Morgan fingerprint density at radius 3 is 2.59 bits per heavy atom. The van der Waals surface area contributed by atoms with Gasteiger partial charge in [-0.2, -0.15) is 0 Å². The monoisotopic (exact) mass is 309 g/mol. The summed E-state index contributed by atoms with van der Waals surface area (Å²) >= 11 is 8.44. The second kappa shape index (κ2) is 4.58. The van der Waals surface area contributed by atoms with Gasteiger partial charge in [0, 0.05) is 21.4 Å². The van der Waals surface area contributed by atoms with E-state index in [1.54, 1.807) is 0 Å². The molecule has 0 aliphatic heterocycles. The fourth-order valence-electron chi connectivity index (χ4n) is 1.61. The van der Waals surface area contributed by atoms with Gasteiger partial charge in [0.25, 0.3) is 0 Å². The molecule has 0 atom stereocenters. The van der Waals surface area contributed by atoms with Crippen LogP contribution in [0.5, 0.6) is 0 Å². The molecule has 0 unspecified atom stereocenters. The fraction of sp³-hybridized carbons (Fsp3) is 0.167. The molecule has 2 aromatic rings. The number of benzene rings is 1. The number of imidazole rings is 1. The first-order chi connectivity index (χ1) is 8.00. The van der Waals surface area contributed by atoms with Gasteiger partial charge < -0.3 is 10.3 Å². The number of hydrogen-bond donors (Lipinski definition) is 1. The highest BCUT2D eigenvalue weighted by molar-refractivity contribution is 9.10. The second-order valence-corrected chi connectivity index (χ2v) is 5.11. The number of nitrogens with two attached hydrogens (primary N) is 1. The minimum Gasteiger partial charge on any atom is -0.389 e. The predicted molar refractivity (Wildman–Crippen MR) is 76.6 cm³/mol. The van der Waals surface area contributed by atoms with E-state index in [0.717, 1.165) is 27.1 Å². The summed E-state index contributed by atoms with van der Waals surface area (Å²) in [7, 11) is 0. The van der Waals surface area contributed by atoms with Crippen LogP contribution in [0, 0.1) is 13.8 Å². The van der Waals surface area contributed by atoms with Gasteiger partial charge in [-0.3, -0.25) is 0 Å². The number of hydrogen-bond acceptors (Lipinski definition) is 2. The molecule has 0 saturated carbocycles. The summed E-state index contributed by atoms with van der Waals surface area (Å²) in [5.41, 5.74) is 9.65. The minimum absolute atomic E-state index is 0.391. The maximum Gasteiger partial charge on any atom is 0.105 e. The van der Waals surface area contributed by atoms with E-state index in [-0.39, 0.29) is 0 Å². The molecule has 0 bridgehead atoms. The molecule has 1 aromatic carbocycles. The quantitative estimate of drug-likeness (QED) is 0.868. The van der Waals surface area contributed by atoms with Crippen LogP contribution in [0.2, 0.25) is 0 Å². The van der Waals surface area contributed by atoms with Gasteiger partial charge in [0.1, 0.15) is 4.99 Å². The van der Waals surface area contributed by atoms with Crippen molar-refractivity contribution < 1.29 is 0 Å². The molecule has 0 aliphatic carbocycles. The van der Waals surface area contributed by atoms with Crippen LogP contribution in [0.4, 0.5) is 0 Å². The molecular weight excluding hydrogens is 298 g/mol. The zero-order valence-electron chi connectivity index (χ0n) is 9.57. The number of nitrogens with zero attached hydrogens (tertiary/aromatic N) is 2. The average Bonchev–Trinajstić information content (AvgIpc) is 2.59. The maximum atomic E-state index is 5.62. The fourth-order valence-corrected chi connectivity index (χ4v) is 2.50. The third kappa shape index (κ3) is 2.25. The third-order valence-corrected chi connectivity index (χ3v) is 3.62. The van der Waals surface area contributed by atoms with E-state index in [2.05, 4.69) is 20.9 Å². The van der Waals surface area contributed by atoms with E-state index in [1.807, 2.05) is 42.9 Å². The van der Waals surface area contributed by atoms with E-state index in [1.165, 1.54) is 0 Å². The van der Waals surface area contributed by atoms with E-state index in [0.29, 0.717) is 4.99 Å². The third-order valence-electron chi connectivity index (χ3n) is 2.75. The zero-order chi connectivity index (χ0) is 12.6. The minimum atomic E-state index is 0.391. The van der Waals surface area contributed by atoms with Gasteiger partial charge in [0.15, 0.2) is 0 Å². The molecule has 3 nitrogen and oxygen atoms in total. The molecule has 1 heterocycles. The highest BCUT2D eigenvalue weighted by Gasteiger charge is 2.08. The van der Waals surface area contributed by atoms with Crippen LogP contribution >= 0.6 is 28.1 Å². The SMILES string of the molecule is Cc1ncn(-c2ccc(C(N)=S)c(Br)c2)c1C. The zero-order valence-corrected chi connectivity index (χ0v) is 12.0. The van der Waals surface area contributed by atoms with Crippen LogP contribution in [-0.4, -0.2) is 14.5 Å². The smallest absolute Gasteiger partial charge is 0.105 e. The van der Waals surface area contributed by atoms with E-state index < -0.39 is 0 Å². The average molecular weight is 310 g/mol. The normalized spacial score (nSPS) is 10.5. The van der Waals surface area contributed by atoms with Crippen molar-refractivity contribution in [2.24, 2.45) is 5.73 Å². The molecule has 1 aromatic heterocycles. The molecule has 0 amide bonds. The van der Waals surface area contributed by atoms with E-state index >= 15 is 0 Å². The molecule has 0 spiro atoms. The lowest BCUT2D eigenvalue weighted by molar-refractivity contribution is 0.999. The lowest BCUT2D eigenvalue weighted by Gasteiger charge is -2.08. The lowest BCUT2D eigenvalue weighted by atomic mass is 10.2. The summed E-state index contributed by atoms with van der Waals surface area (Å²) in [6.07, 6.45) is 1.81. The van der Waals surface area contributed by atoms with Crippen molar-refractivity contribution in [3.63, 3.8) is 0 Å². The summed E-state index contributed by atoms with van der Waals surface area (Å²) in [6.45, 7) is 4.03. The van der Waals surface area contributed by atoms with Gasteiger partial charge >= 0.3 is 0 Å². The van der Waals surface area contributed by atoms with Crippen LogP contribution < -0.4 is 5.73 Å². The number of rotatable bonds is 2. The Hall–Kier alpha value is -1.20. The van der Waals surface area contributed by atoms with Gasteiger partial charge in [-0.05, 0) is 48.0 Å². The topological polar surface area (TPSA) is 43.8 Å². The molecule has 88 valence electrons. The Morgan fingerprint density at radius 2 is 2.12 bits per heavy atom. The van der Waals surface area contributed by atoms with Gasteiger partial charge in [0.2, 0.25) is 0 Å². The number of aromatic nitrogens is 2. The largest absolute Gasteiger partial charge is 0.389 e. The lowest BCUT2D eigenvalue weighted by Crippen LogP contribution is -2.10.